The molecule has 0 atom stereocenters. The summed E-state index contributed by atoms with van der Waals surface area (Å²) in [5, 5.41) is 1.80. The van der Waals surface area contributed by atoms with E-state index in [-0.39, 0.29) is 4.90 Å². The van der Waals surface area contributed by atoms with Crippen molar-refractivity contribution in [3.8, 4) is 0 Å². The topological polar surface area (TPSA) is 72.5 Å². The highest BCUT2D eigenvalue weighted by Gasteiger charge is 2.16. The molecule has 1 N–H and O–H groups in total. The Balaban J connectivity index is 1.85. The fourth-order valence-corrected chi connectivity index (χ4v) is 3.62. The highest BCUT2D eigenvalue weighted by Crippen LogP contribution is 2.22. The molecule has 0 bridgehead atoms. The first-order valence-corrected chi connectivity index (χ1v) is 9.77. The zero-order valence-electron chi connectivity index (χ0n) is 14.3. The van der Waals surface area contributed by atoms with Gasteiger partial charge in [0.2, 0.25) is 0 Å². The summed E-state index contributed by atoms with van der Waals surface area (Å²) < 4.78 is 32.9. The molecule has 3 rings (SSSR count). The summed E-state index contributed by atoms with van der Waals surface area (Å²) >= 11 is 0. The summed E-state index contributed by atoms with van der Waals surface area (Å²) in [6.07, 6.45) is 0.722. The SMILES string of the molecule is CCCOC(=O)c1cccc(NS(=O)(=O)c2ccc3ccccc3c2)c1. The van der Waals surface area contributed by atoms with Crippen LogP contribution < -0.4 is 4.72 Å². The van der Waals surface area contributed by atoms with Crippen LogP contribution in [0, 0.1) is 0 Å². The van der Waals surface area contributed by atoms with E-state index in [0.717, 1.165) is 17.2 Å². The highest BCUT2D eigenvalue weighted by molar-refractivity contribution is 7.92. The number of esters is 1. The summed E-state index contributed by atoms with van der Waals surface area (Å²) in [5.74, 6) is -0.474. The smallest absolute Gasteiger partial charge is 0.338 e. The number of hydrogen-bond donors (Lipinski definition) is 1. The molecule has 0 aliphatic heterocycles. The highest BCUT2D eigenvalue weighted by atomic mass is 32.2. The van der Waals surface area contributed by atoms with Crippen LogP contribution in [-0.4, -0.2) is 21.0 Å². The molecule has 0 heterocycles. The van der Waals surface area contributed by atoms with Gasteiger partial charge >= 0.3 is 5.97 Å². The quantitative estimate of drug-likeness (QED) is 0.661. The number of sulfonamides is 1. The predicted octanol–water partition coefficient (Wildman–Crippen LogP) is 4.21. The van der Waals surface area contributed by atoms with Crippen LogP contribution in [-0.2, 0) is 14.8 Å². The number of fused-ring (bicyclic) bond motifs is 1. The monoisotopic (exact) mass is 369 g/mol. The van der Waals surface area contributed by atoms with E-state index in [9.17, 15) is 13.2 Å². The zero-order chi connectivity index (χ0) is 18.6. The first-order chi connectivity index (χ1) is 12.5. The molecule has 6 heteroatoms. The van der Waals surface area contributed by atoms with Crippen molar-refractivity contribution in [2.45, 2.75) is 18.2 Å². The number of carbonyl (C=O) groups excluding carboxylic acids is 1. The van der Waals surface area contributed by atoms with Crippen molar-refractivity contribution < 1.29 is 17.9 Å². The minimum atomic E-state index is -3.77. The maximum Gasteiger partial charge on any atom is 0.338 e. The molecular weight excluding hydrogens is 350 g/mol. The van der Waals surface area contributed by atoms with Crippen molar-refractivity contribution in [2.24, 2.45) is 0 Å². The van der Waals surface area contributed by atoms with Crippen LogP contribution in [0.4, 0.5) is 5.69 Å². The van der Waals surface area contributed by atoms with Gasteiger partial charge in [-0.15, -0.1) is 0 Å². The molecule has 3 aromatic rings. The van der Waals surface area contributed by atoms with Gasteiger partial charge in [-0.2, -0.15) is 0 Å². The third-order valence-electron chi connectivity index (χ3n) is 3.82. The summed E-state index contributed by atoms with van der Waals surface area (Å²) in [6, 6.07) is 18.8. The standard InChI is InChI=1S/C20H19NO4S/c1-2-12-25-20(22)17-8-5-9-18(13-17)21-26(23,24)19-11-10-15-6-3-4-7-16(15)14-19/h3-11,13-14,21H,2,12H2,1H3. The maximum atomic E-state index is 12.7. The van der Waals surface area contributed by atoms with Crippen LogP contribution in [0.25, 0.3) is 10.8 Å². The van der Waals surface area contributed by atoms with Crippen molar-refractivity contribution >= 4 is 32.5 Å². The molecule has 0 saturated heterocycles. The summed E-state index contributed by atoms with van der Waals surface area (Å²) in [7, 11) is -3.77. The fraction of sp³-hybridized carbons (Fsp3) is 0.150. The molecule has 26 heavy (non-hydrogen) atoms. The molecule has 0 aliphatic carbocycles. The van der Waals surface area contributed by atoms with Gasteiger partial charge in [0.05, 0.1) is 17.1 Å². The second-order valence-corrected chi connectivity index (χ2v) is 7.51. The lowest BCUT2D eigenvalue weighted by Gasteiger charge is -2.10. The minimum Gasteiger partial charge on any atom is -0.462 e. The van der Waals surface area contributed by atoms with Crippen LogP contribution in [0.15, 0.2) is 71.6 Å². The molecule has 134 valence electrons. The molecule has 0 aliphatic rings. The Morgan fingerprint density at radius 2 is 1.73 bits per heavy atom. The predicted molar refractivity (Wildman–Crippen MR) is 102 cm³/mol. The summed E-state index contributed by atoms with van der Waals surface area (Å²) in [5.41, 5.74) is 0.612. The van der Waals surface area contributed by atoms with Crippen LogP contribution in [0.3, 0.4) is 0 Å². The van der Waals surface area contributed by atoms with Gasteiger partial charge in [0.25, 0.3) is 10.0 Å². The van der Waals surface area contributed by atoms with E-state index in [0.29, 0.717) is 17.9 Å². The normalized spacial score (nSPS) is 11.3. The zero-order valence-corrected chi connectivity index (χ0v) is 15.1. The summed E-state index contributed by atoms with van der Waals surface area (Å²) in [4.78, 5) is 12.1. The van der Waals surface area contributed by atoms with Crippen LogP contribution in [0.1, 0.15) is 23.7 Å². The average molecular weight is 369 g/mol. The molecule has 0 amide bonds. The van der Waals surface area contributed by atoms with E-state index in [1.54, 1.807) is 36.4 Å². The number of benzene rings is 3. The lowest BCUT2D eigenvalue weighted by molar-refractivity contribution is 0.0505. The van der Waals surface area contributed by atoms with E-state index in [1.807, 2.05) is 31.2 Å². The number of hydrogen-bond acceptors (Lipinski definition) is 4. The van der Waals surface area contributed by atoms with Crippen molar-refractivity contribution in [1.29, 1.82) is 0 Å². The molecule has 0 saturated carbocycles. The van der Waals surface area contributed by atoms with Gasteiger partial charge in [-0.05, 0) is 47.5 Å². The Morgan fingerprint density at radius 3 is 2.50 bits per heavy atom. The molecule has 0 aromatic heterocycles. The van der Waals surface area contributed by atoms with Gasteiger partial charge in [0.1, 0.15) is 0 Å². The largest absolute Gasteiger partial charge is 0.462 e. The third-order valence-corrected chi connectivity index (χ3v) is 5.20. The molecule has 3 aromatic carbocycles. The Bertz CT molecular complexity index is 1040. The minimum absolute atomic E-state index is 0.162. The molecule has 0 unspecified atom stereocenters. The van der Waals surface area contributed by atoms with E-state index in [2.05, 4.69) is 4.72 Å². The molecule has 0 spiro atoms. The van der Waals surface area contributed by atoms with Crippen LogP contribution in [0.5, 0.6) is 0 Å². The van der Waals surface area contributed by atoms with E-state index >= 15 is 0 Å². The third kappa shape index (κ3) is 4.03. The summed E-state index contributed by atoms with van der Waals surface area (Å²) in [6.45, 7) is 2.23. The molecule has 0 radical (unpaired) electrons. The van der Waals surface area contributed by atoms with Gasteiger partial charge in [0.15, 0.2) is 0 Å². The Labute approximate surface area is 152 Å². The lowest BCUT2D eigenvalue weighted by atomic mass is 10.1. The van der Waals surface area contributed by atoms with Crippen molar-refractivity contribution in [1.82, 2.24) is 0 Å². The molecule has 5 nitrogen and oxygen atoms in total. The van der Waals surface area contributed by atoms with E-state index in [1.165, 1.54) is 6.07 Å². The second kappa shape index (κ2) is 7.58. The number of rotatable bonds is 6. The van der Waals surface area contributed by atoms with Gasteiger partial charge in [-0.1, -0.05) is 43.3 Å². The lowest BCUT2D eigenvalue weighted by Crippen LogP contribution is -2.13. The number of ether oxygens (including phenoxy) is 1. The van der Waals surface area contributed by atoms with Crippen LogP contribution in [0.2, 0.25) is 0 Å². The van der Waals surface area contributed by atoms with Crippen LogP contribution >= 0.6 is 0 Å². The number of carbonyl (C=O) groups is 1. The van der Waals surface area contributed by atoms with E-state index < -0.39 is 16.0 Å². The second-order valence-electron chi connectivity index (χ2n) is 5.83. The number of nitrogens with one attached hydrogen (secondary N) is 1. The van der Waals surface area contributed by atoms with Gasteiger partial charge in [-0.25, -0.2) is 13.2 Å². The van der Waals surface area contributed by atoms with Gasteiger partial charge in [-0.3, -0.25) is 4.72 Å². The Kier molecular flexibility index (Phi) is 5.23. The first-order valence-electron chi connectivity index (χ1n) is 8.28. The molecular formula is C20H19NO4S. The average Bonchev–Trinajstić information content (AvgIpc) is 2.65. The Morgan fingerprint density at radius 1 is 0.962 bits per heavy atom. The van der Waals surface area contributed by atoms with Crippen molar-refractivity contribution in [2.75, 3.05) is 11.3 Å². The Hall–Kier alpha value is -2.86. The molecule has 0 fully saturated rings. The van der Waals surface area contributed by atoms with E-state index in [4.69, 9.17) is 4.74 Å². The van der Waals surface area contributed by atoms with Gasteiger partial charge in [0, 0.05) is 5.69 Å². The van der Waals surface area contributed by atoms with Gasteiger partial charge < -0.3 is 4.74 Å². The number of anilines is 1. The fourth-order valence-electron chi connectivity index (χ4n) is 2.54. The van der Waals surface area contributed by atoms with Crippen molar-refractivity contribution in [3.05, 3.63) is 72.3 Å². The maximum absolute atomic E-state index is 12.7. The first kappa shape index (κ1) is 17.9. The van der Waals surface area contributed by atoms with Crippen molar-refractivity contribution in [3.63, 3.8) is 0 Å².